The number of fused-ring (bicyclic) bond motifs is 2. The van der Waals surface area contributed by atoms with Gasteiger partial charge in [0.15, 0.2) is 5.76 Å². The Morgan fingerprint density at radius 3 is 2.61 bits per heavy atom. The number of nitrogens with one attached hydrogen (secondary N) is 2. The third-order valence-corrected chi connectivity index (χ3v) is 7.85. The number of aryl methyl sites for hydroxylation is 2. The summed E-state index contributed by atoms with van der Waals surface area (Å²) in [4.78, 5) is 15.2. The number of para-hydroxylation sites is 1. The summed E-state index contributed by atoms with van der Waals surface area (Å²) in [7, 11) is -3.55. The number of sulfonamides is 1. The van der Waals surface area contributed by atoms with Gasteiger partial charge in [0.25, 0.3) is 5.91 Å². The van der Waals surface area contributed by atoms with Gasteiger partial charge in [-0.2, -0.15) is 4.72 Å². The van der Waals surface area contributed by atoms with Crippen molar-refractivity contribution in [1.29, 1.82) is 0 Å². The Morgan fingerprint density at radius 1 is 1.10 bits per heavy atom. The average molecular weight is 440 g/mol. The van der Waals surface area contributed by atoms with Gasteiger partial charge in [-0.25, -0.2) is 8.42 Å². The number of amides is 1. The first-order chi connectivity index (χ1) is 14.8. The number of piperidine rings is 1. The van der Waals surface area contributed by atoms with Crippen LogP contribution in [-0.2, 0) is 10.0 Å². The maximum atomic E-state index is 13.1. The van der Waals surface area contributed by atoms with Gasteiger partial charge in [-0.05, 0) is 56.9 Å². The van der Waals surface area contributed by atoms with E-state index in [2.05, 4.69) is 10.0 Å². The molecule has 7 nitrogen and oxygen atoms in total. The number of carbonyl (C=O) groups excluding carboxylic acids is 1. The second-order valence-corrected chi connectivity index (χ2v) is 10.1. The zero-order valence-electron chi connectivity index (χ0n) is 17.5. The minimum absolute atomic E-state index is 0.0894. The Bertz CT molecular complexity index is 1270. The van der Waals surface area contributed by atoms with Crippen molar-refractivity contribution in [3.63, 3.8) is 0 Å². The molecule has 162 valence electrons. The van der Waals surface area contributed by atoms with Crippen molar-refractivity contribution < 1.29 is 17.6 Å². The van der Waals surface area contributed by atoms with Crippen molar-refractivity contribution in [3.05, 3.63) is 59.4 Å². The van der Waals surface area contributed by atoms with Gasteiger partial charge < -0.3 is 14.6 Å². The van der Waals surface area contributed by atoms with Crippen molar-refractivity contribution >= 4 is 32.6 Å². The van der Waals surface area contributed by atoms with Crippen LogP contribution in [0.5, 0.6) is 0 Å². The highest BCUT2D eigenvalue weighted by Gasteiger charge is 2.36. The van der Waals surface area contributed by atoms with E-state index in [-0.39, 0.29) is 22.9 Å². The van der Waals surface area contributed by atoms with E-state index in [1.807, 2.05) is 38.1 Å². The first kappa shape index (κ1) is 20.1. The highest BCUT2D eigenvalue weighted by atomic mass is 32.2. The zero-order chi connectivity index (χ0) is 21.8. The second kappa shape index (κ2) is 7.39. The van der Waals surface area contributed by atoms with Gasteiger partial charge in [0.05, 0.1) is 11.9 Å². The van der Waals surface area contributed by atoms with Gasteiger partial charge in [0.2, 0.25) is 10.0 Å². The maximum Gasteiger partial charge on any atom is 0.289 e. The number of hydrogen-bond donors (Lipinski definition) is 2. The minimum atomic E-state index is -3.55. The summed E-state index contributed by atoms with van der Waals surface area (Å²) >= 11 is 0. The van der Waals surface area contributed by atoms with E-state index in [1.54, 1.807) is 23.1 Å². The average Bonchev–Trinajstić information content (AvgIpc) is 3.09. The normalized spacial score (nSPS) is 21.0. The fourth-order valence-electron chi connectivity index (χ4n) is 4.58. The lowest BCUT2D eigenvalue weighted by molar-refractivity contribution is 0.0648. The number of anilines is 1. The van der Waals surface area contributed by atoms with Crippen LogP contribution in [-0.4, -0.2) is 38.5 Å². The standard InChI is InChI=1S/C23H25N3O4S/c1-14-7-8-19-17(13-14)15(2)21(30-19)23(27)26-11-9-16(10-12-26)22-24-18-5-3-4-6-20(18)31(28,29)25-22/h3-8,13,16,22,24-25H,9-12H2,1-2H3. The predicted octanol–water partition coefficient (Wildman–Crippen LogP) is 3.63. The molecule has 1 unspecified atom stereocenters. The number of carbonyl (C=O) groups is 1. The monoisotopic (exact) mass is 439 g/mol. The van der Waals surface area contributed by atoms with Gasteiger partial charge in [-0.3, -0.25) is 4.79 Å². The van der Waals surface area contributed by atoms with E-state index in [9.17, 15) is 13.2 Å². The molecule has 8 heteroatoms. The van der Waals surface area contributed by atoms with Crippen LogP contribution in [0.4, 0.5) is 5.69 Å². The Morgan fingerprint density at radius 2 is 1.84 bits per heavy atom. The summed E-state index contributed by atoms with van der Waals surface area (Å²) in [5.74, 6) is 0.378. The minimum Gasteiger partial charge on any atom is -0.451 e. The fourth-order valence-corrected chi connectivity index (χ4v) is 5.97. The largest absolute Gasteiger partial charge is 0.451 e. The first-order valence-corrected chi connectivity index (χ1v) is 12.0. The van der Waals surface area contributed by atoms with E-state index in [4.69, 9.17) is 4.42 Å². The Kier molecular flexibility index (Phi) is 4.79. The van der Waals surface area contributed by atoms with Crippen LogP contribution in [0, 0.1) is 19.8 Å². The highest BCUT2D eigenvalue weighted by molar-refractivity contribution is 7.89. The molecule has 0 saturated carbocycles. The van der Waals surface area contributed by atoms with Crippen molar-refractivity contribution in [2.75, 3.05) is 18.4 Å². The van der Waals surface area contributed by atoms with Gasteiger partial charge in [-0.15, -0.1) is 0 Å². The molecule has 0 bridgehead atoms. The van der Waals surface area contributed by atoms with Gasteiger partial charge >= 0.3 is 0 Å². The molecule has 2 aliphatic rings. The smallest absolute Gasteiger partial charge is 0.289 e. The van der Waals surface area contributed by atoms with Crippen LogP contribution in [0.3, 0.4) is 0 Å². The van der Waals surface area contributed by atoms with Crippen molar-refractivity contribution in [2.24, 2.45) is 5.92 Å². The summed E-state index contributed by atoms with van der Waals surface area (Å²) in [6.07, 6.45) is 1.02. The van der Waals surface area contributed by atoms with Crippen LogP contribution in [0.2, 0.25) is 0 Å². The summed E-state index contributed by atoms with van der Waals surface area (Å²) in [6, 6.07) is 12.8. The summed E-state index contributed by atoms with van der Waals surface area (Å²) in [5, 5.41) is 4.29. The third kappa shape index (κ3) is 3.49. The molecule has 3 heterocycles. The molecule has 3 aromatic rings. The van der Waals surface area contributed by atoms with Gasteiger partial charge in [0, 0.05) is 24.0 Å². The van der Waals surface area contributed by atoms with E-state index < -0.39 is 10.0 Å². The van der Waals surface area contributed by atoms with Crippen molar-refractivity contribution in [3.8, 4) is 0 Å². The molecule has 2 N–H and O–H groups in total. The summed E-state index contributed by atoms with van der Waals surface area (Å²) in [6.45, 7) is 5.05. The molecule has 2 aliphatic heterocycles. The van der Waals surface area contributed by atoms with Crippen LogP contribution in [0.25, 0.3) is 11.0 Å². The number of benzene rings is 2. The first-order valence-electron chi connectivity index (χ1n) is 10.5. The molecule has 0 spiro atoms. The van der Waals surface area contributed by atoms with E-state index in [0.29, 0.717) is 37.4 Å². The molecule has 0 aliphatic carbocycles. The molecule has 2 aromatic carbocycles. The highest BCUT2D eigenvalue weighted by Crippen LogP contribution is 2.32. The number of furan rings is 1. The predicted molar refractivity (Wildman–Crippen MR) is 118 cm³/mol. The van der Waals surface area contributed by atoms with E-state index in [1.165, 1.54) is 0 Å². The molecule has 1 amide bonds. The van der Waals surface area contributed by atoms with E-state index >= 15 is 0 Å². The molecule has 1 saturated heterocycles. The number of rotatable bonds is 2. The lowest BCUT2D eigenvalue weighted by Gasteiger charge is -2.38. The molecule has 5 rings (SSSR count). The SMILES string of the molecule is Cc1ccc2oc(C(=O)N3CCC(C4Nc5ccccc5S(=O)(=O)N4)CC3)c(C)c2c1. The Hall–Kier alpha value is -2.84. The van der Waals surface area contributed by atoms with Crippen LogP contribution < -0.4 is 10.0 Å². The Labute approximate surface area is 181 Å². The molecular formula is C23H25N3O4S. The quantitative estimate of drug-likeness (QED) is 0.636. The lowest BCUT2D eigenvalue weighted by atomic mass is 9.93. The third-order valence-electron chi connectivity index (χ3n) is 6.35. The van der Waals surface area contributed by atoms with Crippen LogP contribution >= 0.6 is 0 Å². The van der Waals surface area contributed by atoms with Crippen molar-refractivity contribution in [1.82, 2.24) is 9.62 Å². The molecule has 1 aromatic heterocycles. The van der Waals surface area contributed by atoms with Crippen LogP contribution in [0.15, 0.2) is 51.8 Å². The molecule has 0 radical (unpaired) electrons. The second-order valence-electron chi connectivity index (χ2n) is 8.42. The molecule has 31 heavy (non-hydrogen) atoms. The summed E-state index contributed by atoms with van der Waals surface area (Å²) in [5.41, 5.74) is 3.34. The van der Waals surface area contributed by atoms with Gasteiger partial charge in [-0.1, -0.05) is 23.8 Å². The number of hydrogen-bond acceptors (Lipinski definition) is 5. The summed E-state index contributed by atoms with van der Waals surface area (Å²) < 4.78 is 33.9. The van der Waals surface area contributed by atoms with Crippen molar-refractivity contribution in [2.45, 2.75) is 37.8 Å². The number of nitrogens with zero attached hydrogens (tertiary/aromatic N) is 1. The zero-order valence-corrected chi connectivity index (χ0v) is 18.3. The fraction of sp³-hybridized carbons (Fsp3) is 0.348. The van der Waals surface area contributed by atoms with Gasteiger partial charge in [0.1, 0.15) is 10.5 Å². The molecular weight excluding hydrogens is 414 g/mol. The Balaban J connectivity index is 1.30. The maximum absolute atomic E-state index is 13.1. The van der Waals surface area contributed by atoms with Crippen LogP contribution in [0.1, 0.15) is 34.5 Å². The molecule has 1 fully saturated rings. The lowest BCUT2D eigenvalue weighted by Crippen LogP contribution is -2.52. The number of likely N-dealkylation sites (tertiary alicyclic amines) is 1. The molecule has 1 atom stereocenters. The topological polar surface area (TPSA) is 91.7 Å². The van der Waals surface area contributed by atoms with E-state index in [0.717, 1.165) is 22.1 Å².